The first-order valence-electron chi connectivity index (χ1n) is 7.05. The number of hydrogen-bond acceptors (Lipinski definition) is 6. The van der Waals surface area contributed by atoms with Gasteiger partial charge in [-0.1, -0.05) is 11.8 Å². The lowest BCUT2D eigenvalue weighted by atomic mass is 9.79. The molecule has 2 rings (SSSR count). The molecule has 1 amide bonds. The van der Waals surface area contributed by atoms with E-state index in [0.717, 1.165) is 12.8 Å². The van der Waals surface area contributed by atoms with Crippen molar-refractivity contribution in [3.8, 4) is 0 Å². The summed E-state index contributed by atoms with van der Waals surface area (Å²) in [6.07, 6.45) is 1.83. The minimum absolute atomic E-state index is 0.00173. The van der Waals surface area contributed by atoms with E-state index in [4.69, 9.17) is 5.73 Å². The van der Waals surface area contributed by atoms with E-state index in [1.165, 1.54) is 11.8 Å². The van der Waals surface area contributed by atoms with Crippen molar-refractivity contribution in [2.45, 2.75) is 62.8 Å². The van der Waals surface area contributed by atoms with Crippen LogP contribution in [0.1, 0.15) is 40.5 Å². The fourth-order valence-electron chi connectivity index (χ4n) is 3.15. The number of piperidine rings is 1. The molecule has 8 heteroatoms. The van der Waals surface area contributed by atoms with E-state index in [2.05, 4.69) is 53.5 Å². The number of nitrogens with two attached hydrogens (primary N) is 1. The highest BCUT2D eigenvalue weighted by Crippen LogP contribution is 2.28. The number of hydrogen-bond donors (Lipinski definition) is 4. The molecule has 1 aromatic heterocycles. The van der Waals surface area contributed by atoms with Crippen molar-refractivity contribution in [2.75, 3.05) is 11.5 Å². The van der Waals surface area contributed by atoms with Gasteiger partial charge in [-0.15, -0.1) is 5.10 Å². The molecule has 0 bridgehead atoms. The first-order chi connectivity index (χ1) is 9.65. The van der Waals surface area contributed by atoms with Gasteiger partial charge in [0, 0.05) is 17.1 Å². The summed E-state index contributed by atoms with van der Waals surface area (Å²) in [6, 6.07) is 0.182. The largest absolute Gasteiger partial charge is 0.368 e. The summed E-state index contributed by atoms with van der Waals surface area (Å²) in [7, 11) is 0. The van der Waals surface area contributed by atoms with Crippen molar-refractivity contribution in [3.05, 3.63) is 0 Å². The summed E-state index contributed by atoms with van der Waals surface area (Å²) < 4.78 is 0. The Labute approximate surface area is 129 Å². The fourth-order valence-corrected chi connectivity index (χ4v) is 3.76. The number of amides is 1. The first kappa shape index (κ1) is 16.1. The Hall–Kier alpha value is -1.28. The molecule has 1 fully saturated rings. The molecule has 7 nitrogen and oxygen atoms in total. The summed E-state index contributed by atoms with van der Waals surface area (Å²) in [5, 5.41) is 13.6. The summed E-state index contributed by atoms with van der Waals surface area (Å²) in [5.74, 6) is 0.559. The Morgan fingerprint density at radius 3 is 2.52 bits per heavy atom. The average molecular weight is 312 g/mol. The molecule has 118 valence electrons. The number of nitrogens with one attached hydrogen (secondary N) is 3. The predicted octanol–water partition coefficient (Wildman–Crippen LogP) is 0.904. The Morgan fingerprint density at radius 1 is 1.38 bits per heavy atom. The highest BCUT2D eigenvalue weighted by atomic mass is 32.2. The molecule has 1 saturated heterocycles. The fraction of sp³-hybridized carbons (Fsp3) is 0.769. The molecule has 0 spiro atoms. The Bertz CT molecular complexity index is 497. The van der Waals surface area contributed by atoms with Gasteiger partial charge in [-0.2, -0.15) is 4.98 Å². The number of carbonyl (C=O) groups is 1. The number of nitrogens with zero attached hydrogens (tertiary/aromatic N) is 2. The second-order valence-corrected chi connectivity index (χ2v) is 7.80. The van der Waals surface area contributed by atoms with E-state index in [0.29, 0.717) is 10.9 Å². The van der Waals surface area contributed by atoms with Crippen LogP contribution in [-0.4, -0.2) is 44.0 Å². The van der Waals surface area contributed by atoms with Crippen LogP contribution in [0.3, 0.4) is 0 Å². The van der Waals surface area contributed by atoms with E-state index in [1.54, 1.807) is 0 Å². The van der Waals surface area contributed by atoms with Crippen LogP contribution in [0.15, 0.2) is 5.16 Å². The average Bonchev–Trinajstić information content (AvgIpc) is 2.68. The minimum Gasteiger partial charge on any atom is -0.368 e. The number of carbonyl (C=O) groups excluding carboxylic acids is 1. The van der Waals surface area contributed by atoms with Crippen LogP contribution < -0.4 is 16.4 Å². The third-order valence-electron chi connectivity index (χ3n) is 3.37. The molecule has 2 heterocycles. The van der Waals surface area contributed by atoms with Gasteiger partial charge < -0.3 is 16.4 Å². The van der Waals surface area contributed by atoms with Gasteiger partial charge in [0.25, 0.3) is 0 Å². The van der Waals surface area contributed by atoms with Crippen LogP contribution in [0, 0.1) is 0 Å². The van der Waals surface area contributed by atoms with E-state index >= 15 is 0 Å². The zero-order valence-electron chi connectivity index (χ0n) is 13.0. The summed E-state index contributed by atoms with van der Waals surface area (Å²) in [5.41, 5.74) is 5.48. The Kier molecular flexibility index (Phi) is 4.48. The number of H-pyrrole nitrogens is 1. The minimum atomic E-state index is 0.00173. The standard InChI is InChI=1S/C13H24N6OS/c1-12(2)5-8(6-13(3,4)19-12)15-9(20)7-21-11-16-10(14)17-18-11/h8,19H,5-7H2,1-4H3,(H,15,20)(H3,14,16,17,18). The lowest BCUT2D eigenvalue weighted by Gasteiger charge is -2.46. The number of anilines is 1. The van der Waals surface area contributed by atoms with Gasteiger partial charge in [-0.3, -0.25) is 4.79 Å². The van der Waals surface area contributed by atoms with Crippen LogP contribution >= 0.6 is 11.8 Å². The summed E-state index contributed by atoms with van der Waals surface area (Å²) >= 11 is 1.28. The lowest BCUT2D eigenvalue weighted by molar-refractivity contribution is -0.119. The molecule has 0 aromatic carbocycles. The SMILES string of the molecule is CC1(C)CC(NC(=O)CSc2n[nH]c(N)n2)CC(C)(C)N1. The number of aromatic amines is 1. The topological polar surface area (TPSA) is 109 Å². The highest BCUT2D eigenvalue weighted by Gasteiger charge is 2.38. The normalized spacial score (nSPS) is 21.1. The predicted molar refractivity (Wildman–Crippen MR) is 84.0 cm³/mol. The molecule has 5 N–H and O–H groups in total. The van der Waals surface area contributed by atoms with E-state index in [9.17, 15) is 4.79 Å². The van der Waals surface area contributed by atoms with Gasteiger partial charge in [0.15, 0.2) is 0 Å². The van der Waals surface area contributed by atoms with Crippen molar-refractivity contribution in [1.29, 1.82) is 0 Å². The van der Waals surface area contributed by atoms with Gasteiger partial charge in [-0.25, -0.2) is 5.10 Å². The molecule has 0 radical (unpaired) electrons. The number of rotatable bonds is 4. The van der Waals surface area contributed by atoms with Crippen LogP contribution in [0.5, 0.6) is 0 Å². The van der Waals surface area contributed by atoms with Crippen molar-refractivity contribution < 1.29 is 4.79 Å². The lowest BCUT2D eigenvalue weighted by Crippen LogP contribution is -2.62. The second-order valence-electron chi connectivity index (χ2n) is 6.86. The van der Waals surface area contributed by atoms with Crippen molar-refractivity contribution in [2.24, 2.45) is 0 Å². The third kappa shape index (κ3) is 4.89. The third-order valence-corrected chi connectivity index (χ3v) is 4.22. The molecule has 0 aliphatic carbocycles. The molecule has 1 aromatic rings. The van der Waals surface area contributed by atoms with Gasteiger partial charge >= 0.3 is 0 Å². The zero-order valence-corrected chi connectivity index (χ0v) is 13.8. The van der Waals surface area contributed by atoms with Gasteiger partial charge in [0.1, 0.15) is 0 Å². The molecule has 0 unspecified atom stereocenters. The number of thioether (sulfide) groups is 1. The van der Waals surface area contributed by atoms with Gasteiger partial charge in [0.2, 0.25) is 17.0 Å². The van der Waals surface area contributed by atoms with Gasteiger partial charge in [0.05, 0.1) is 5.75 Å². The maximum atomic E-state index is 12.1. The zero-order chi connectivity index (χ0) is 15.7. The molecule has 1 aliphatic heterocycles. The van der Waals surface area contributed by atoms with Crippen LogP contribution in [0.4, 0.5) is 5.95 Å². The number of nitrogen functional groups attached to an aromatic ring is 1. The molecule has 21 heavy (non-hydrogen) atoms. The smallest absolute Gasteiger partial charge is 0.230 e. The maximum absolute atomic E-state index is 12.1. The van der Waals surface area contributed by atoms with E-state index in [-0.39, 0.29) is 29.0 Å². The number of aromatic nitrogens is 3. The summed E-state index contributed by atoms with van der Waals surface area (Å²) in [4.78, 5) is 16.0. The van der Waals surface area contributed by atoms with Crippen LogP contribution in [0.2, 0.25) is 0 Å². The second kappa shape index (κ2) is 5.84. The maximum Gasteiger partial charge on any atom is 0.230 e. The Morgan fingerprint density at radius 2 is 2.00 bits per heavy atom. The van der Waals surface area contributed by atoms with Crippen LogP contribution in [-0.2, 0) is 4.79 Å². The monoisotopic (exact) mass is 312 g/mol. The molecule has 0 saturated carbocycles. The highest BCUT2D eigenvalue weighted by molar-refractivity contribution is 7.99. The van der Waals surface area contributed by atoms with Crippen molar-refractivity contribution in [1.82, 2.24) is 25.8 Å². The van der Waals surface area contributed by atoms with E-state index < -0.39 is 0 Å². The van der Waals surface area contributed by atoms with Crippen molar-refractivity contribution in [3.63, 3.8) is 0 Å². The molecule has 1 aliphatic rings. The quantitative estimate of drug-likeness (QED) is 0.615. The Balaban J connectivity index is 1.84. The molecular weight excluding hydrogens is 288 g/mol. The van der Waals surface area contributed by atoms with Crippen molar-refractivity contribution >= 4 is 23.6 Å². The van der Waals surface area contributed by atoms with Crippen LogP contribution in [0.25, 0.3) is 0 Å². The molecule has 0 atom stereocenters. The summed E-state index contributed by atoms with van der Waals surface area (Å²) in [6.45, 7) is 8.66. The first-order valence-corrected chi connectivity index (χ1v) is 8.03. The van der Waals surface area contributed by atoms with E-state index in [1.807, 2.05) is 0 Å². The van der Waals surface area contributed by atoms with Gasteiger partial charge in [-0.05, 0) is 40.5 Å². The molecular formula is C13H24N6OS.